The molecule has 0 aliphatic rings. The standard InChI is InChI=1S/C31H30N2O8S2/c32-30(34)26-19-22(11-13-28(26)38-15-17-42(36)24-7-3-1-4-8-24)40-21-41-23-12-14-29(27(20-23)31(33)35)39-16-18-43(37)25-9-5-2-6-10-25/h1-14,19-20H,15-18,21H2,(H2,32,34)(H2,33,35). The van der Waals surface area contributed by atoms with Gasteiger partial charge in [-0.25, -0.2) is 0 Å². The number of benzene rings is 4. The van der Waals surface area contributed by atoms with Crippen LogP contribution in [0.1, 0.15) is 20.7 Å². The first-order valence-corrected chi connectivity index (χ1v) is 15.7. The van der Waals surface area contributed by atoms with E-state index in [4.69, 9.17) is 30.4 Å². The van der Waals surface area contributed by atoms with Crippen LogP contribution in [0.3, 0.4) is 0 Å². The van der Waals surface area contributed by atoms with Gasteiger partial charge in [-0.2, -0.15) is 0 Å². The fourth-order valence-corrected chi connectivity index (χ4v) is 5.70. The molecular formula is C31H30N2O8S2. The Morgan fingerprint density at radius 3 is 1.33 bits per heavy atom. The lowest BCUT2D eigenvalue weighted by Crippen LogP contribution is -2.16. The molecule has 12 heteroatoms. The van der Waals surface area contributed by atoms with Gasteiger partial charge in [0.1, 0.15) is 36.2 Å². The number of amides is 2. The maximum absolute atomic E-state index is 12.4. The SMILES string of the molecule is NC(=O)c1cc(OCOc2ccc(OCCS(=O)c3ccccc3)c(C(N)=O)c2)ccc1OCCS(=O)c1ccccc1. The molecule has 4 N–H and O–H groups in total. The van der Waals surface area contributed by atoms with E-state index in [1.165, 1.54) is 24.3 Å². The highest BCUT2D eigenvalue weighted by atomic mass is 32.2. The van der Waals surface area contributed by atoms with Gasteiger partial charge in [-0.05, 0) is 60.7 Å². The van der Waals surface area contributed by atoms with E-state index in [9.17, 15) is 18.0 Å². The Morgan fingerprint density at radius 1 is 0.558 bits per heavy atom. The van der Waals surface area contributed by atoms with Crippen molar-refractivity contribution in [3.8, 4) is 23.0 Å². The molecule has 2 unspecified atom stereocenters. The average molecular weight is 623 g/mol. The summed E-state index contributed by atoms with van der Waals surface area (Å²) in [4.78, 5) is 25.4. The first-order chi connectivity index (χ1) is 20.8. The highest BCUT2D eigenvalue weighted by molar-refractivity contribution is 7.85. The lowest BCUT2D eigenvalue weighted by Gasteiger charge is -2.14. The predicted molar refractivity (Wildman–Crippen MR) is 162 cm³/mol. The smallest absolute Gasteiger partial charge is 0.252 e. The van der Waals surface area contributed by atoms with Crippen LogP contribution in [0.2, 0.25) is 0 Å². The third kappa shape index (κ3) is 9.15. The molecular weight excluding hydrogens is 592 g/mol. The number of carbonyl (C=O) groups excluding carboxylic acids is 2. The number of carbonyl (C=O) groups is 2. The van der Waals surface area contributed by atoms with Crippen molar-refractivity contribution in [3.63, 3.8) is 0 Å². The van der Waals surface area contributed by atoms with Gasteiger partial charge in [0.25, 0.3) is 11.8 Å². The van der Waals surface area contributed by atoms with Crippen molar-refractivity contribution in [1.82, 2.24) is 0 Å². The minimum absolute atomic E-state index is 0.0914. The number of nitrogens with two attached hydrogens (primary N) is 2. The van der Waals surface area contributed by atoms with Crippen molar-refractivity contribution in [2.24, 2.45) is 11.5 Å². The number of ether oxygens (including phenoxy) is 4. The largest absolute Gasteiger partial charge is 0.492 e. The maximum atomic E-state index is 12.4. The van der Waals surface area contributed by atoms with Crippen molar-refractivity contribution in [3.05, 3.63) is 108 Å². The van der Waals surface area contributed by atoms with E-state index in [1.807, 2.05) is 36.4 Å². The fourth-order valence-electron chi connectivity index (χ4n) is 3.84. The van der Waals surface area contributed by atoms with Gasteiger partial charge in [-0.1, -0.05) is 36.4 Å². The highest BCUT2D eigenvalue weighted by Gasteiger charge is 2.15. The normalized spacial score (nSPS) is 12.1. The second kappa shape index (κ2) is 15.5. The minimum Gasteiger partial charge on any atom is -0.492 e. The Morgan fingerprint density at radius 2 is 0.953 bits per heavy atom. The van der Waals surface area contributed by atoms with Crippen molar-refractivity contribution >= 4 is 33.4 Å². The molecule has 0 aliphatic carbocycles. The van der Waals surface area contributed by atoms with Crippen LogP contribution >= 0.6 is 0 Å². The molecule has 0 aromatic heterocycles. The second-order valence-corrected chi connectivity index (χ2v) is 12.0. The summed E-state index contributed by atoms with van der Waals surface area (Å²) < 4.78 is 47.4. The second-order valence-electron chi connectivity index (χ2n) is 8.87. The number of hydrogen-bond donors (Lipinski definition) is 2. The lowest BCUT2D eigenvalue weighted by molar-refractivity contribution is 0.0987. The molecule has 224 valence electrons. The Balaban J connectivity index is 1.30. The zero-order chi connectivity index (χ0) is 30.6. The number of hydrogen-bond acceptors (Lipinski definition) is 8. The maximum Gasteiger partial charge on any atom is 0.252 e. The zero-order valence-electron chi connectivity index (χ0n) is 23.0. The van der Waals surface area contributed by atoms with Gasteiger partial charge in [0, 0.05) is 9.79 Å². The summed E-state index contributed by atoms with van der Waals surface area (Å²) in [5, 5.41) is 0. The van der Waals surface area contributed by atoms with Gasteiger partial charge in [0.2, 0.25) is 6.79 Å². The summed E-state index contributed by atoms with van der Waals surface area (Å²) in [7, 11) is -2.50. The third-order valence-corrected chi connectivity index (χ3v) is 8.62. The van der Waals surface area contributed by atoms with Gasteiger partial charge in [-0.15, -0.1) is 0 Å². The summed E-state index contributed by atoms with van der Waals surface area (Å²) in [6.07, 6.45) is 0. The van der Waals surface area contributed by atoms with E-state index in [0.717, 1.165) is 0 Å². The van der Waals surface area contributed by atoms with Crippen LogP contribution in [0.4, 0.5) is 0 Å². The van der Waals surface area contributed by atoms with Crippen LogP contribution in [0.15, 0.2) is 107 Å². The van der Waals surface area contributed by atoms with Gasteiger partial charge in [-0.3, -0.25) is 18.0 Å². The molecule has 0 saturated carbocycles. The molecule has 4 aromatic rings. The highest BCUT2D eigenvalue weighted by Crippen LogP contribution is 2.26. The molecule has 2 amide bonds. The van der Waals surface area contributed by atoms with Gasteiger partial charge >= 0.3 is 0 Å². The Labute approximate surface area is 253 Å². The monoisotopic (exact) mass is 622 g/mol. The molecule has 0 spiro atoms. The van der Waals surface area contributed by atoms with Crippen LogP contribution < -0.4 is 30.4 Å². The molecule has 2 atom stereocenters. The lowest BCUT2D eigenvalue weighted by atomic mass is 10.2. The van der Waals surface area contributed by atoms with E-state index >= 15 is 0 Å². The van der Waals surface area contributed by atoms with Crippen molar-refractivity contribution < 1.29 is 37.0 Å². The Hall–Kier alpha value is -4.68. The van der Waals surface area contributed by atoms with E-state index in [-0.39, 0.29) is 65.6 Å². The molecule has 4 rings (SSSR count). The topological polar surface area (TPSA) is 157 Å². The van der Waals surface area contributed by atoms with Crippen LogP contribution in [-0.4, -0.2) is 51.7 Å². The quantitative estimate of drug-likeness (QED) is 0.179. The fraction of sp³-hybridized carbons (Fsp3) is 0.161. The summed E-state index contributed by atoms with van der Waals surface area (Å²) in [5.41, 5.74) is 11.2. The summed E-state index contributed by atoms with van der Waals surface area (Å²) in [5.74, 6) is 0.0722. The first-order valence-electron chi connectivity index (χ1n) is 13.1. The van der Waals surface area contributed by atoms with E-state index in [2.05, 4.69) is 0 Å². The summed E-state index contributed by atoms with van der Waals surface area (Å²) >= 11 is 0. The first kappa shape index (κ1) is 31.3. The van der Waals surface area contributed by atoms with Gasteiger partial charge < -0.3 is 30.4 Å². The van der Waals surface area contributed by atoms with Crippen molar-refractivity contribution in [2.45, 2.75) is 9.79 Å². The molecule has 4 aromatic carbocycles. The molecule has 10 nitrogen and oxygen atoms in total. The summed E-state index contributed by atoms with van der Waals surface area (Å²) in [6, 6.07) is 27.0. The molecule has 0 fully saturated rings. The van der Waals surface area contributed by atoms with Gasteiger partial charge in [0.15, 0.2) is 0 Å². The Bertz CT molecular complexity index is 1480. The summed E-state index contributed by atoms with van der Waals surface area (Å²) in [6.45, 7) is -0.0429. The number of primary amides is 2. The molecule has 43 heavy (non-hydrogen) atoms. The van der Waals surface area contributed by atoms with E-state index < -0.39 is 33.4 Å². The van der Waals surface area contributed by atoms with E-state index in [0.29, 0.717) is 9.79 Å². The van der Waals surface area contributed by atoms with Crippen molar-refractivity contribution in [2.75, 3.05) is 31.5 Å². The van der Waals surface area contributed by atoms with Crippen LogP contribution in [0.5, 0.6) is 23.0 Å². The third-order valence-electron chi connectivity index (χ3n) is 5.95. The van der Waals surface area contributed by atoms with Crippen molar-refractivity contribution in [1.29, 1.82) is 0 Å². The van der Waals surface area contributed by atoms with Crippen LogP contribution in [0.25, 0.3) is 0 Å². The minimum atomic E-state index is -1.25. The van der Waals surface area contributed by atoms with E-state index in [1.54, 1.807) is 36.4 Å². The average Bonchev–Trinajstić information content (AvgIpc) is 3.02. The predicted octanol–water partition coefficient (Wildman–Crippen LogP) is 3.67. The number of rotatable bonds is 16. The molecule has 0 heterocycles. The molecule has 0 bridgehead atoms. The molecule has 0 radical (unpaired) electrons. The molecule has 0 saturated heterocycles. The Kier molecular flexibility index (Phi) is 11.3. The zero-order valence-corrected chi connectivity index (χ0v) is 24.6. The van der Waals surface area contributed by atoms with Crippen LogP contribution in [-0.2, 0) is 21.6 Å². The van der Waals surface area contributed by atoms with Crippen LogP contribution in [0, 0.1) is 0 Å². The van der Waals surface area contributed by atoms with Gasteiger partial charge in [0.05, 0.1) is 44.2 Å². The molecule has 0 aliphatic heterocycles.